The van der Waals surface area contributed by atoms with E-state index in [9.17, 15) is 9.59 Å². The summed E-state index contributed by atoms with van der Waals surface area (Å²) < 4.78 is 7.12. The molecule has 3 aromatic rings. The first-order valence-corrected chi connectivity index (χ1v) is 9.98. The maximum Gasteiger partial charge on any atom is 0.342 e. The summed E-state index contributed by atoms with van der Waals surface area (Å²) in [6.45, 7) is 5.81. The third kappa shape index (κ3) is 4.86. The van der Waals surface area contributed by atoms with Crippen molar-refractivity contribution in [1.82, 2.24) is 15.1 Å². The molecule has 7 heteroatoms. The predicted molar refractivity (Wildman–Crippen MR) is 109 cm³/mol. The fourth-order valence-corrected chi connectivity index (χ4v) is 3.42. The van der Waals surface area contributed by atoms with Crippen molar-refractivity contribution in [2.24, 2.45) is 0 Å². The average molecular weight is 398 g/mol. The first-order chi connectivity index (χ1) is 13.4. The van der Waals surface area contributed by atoms with Gasteiger partial charge in [-0.15, -0.1) is 11.3 Å². The van der Waals surface area contributed by atoms with Crippen molar-refractivity contribution in [3.8, 4) is 10.6 Å². The number of rotatable bonds is 7. The lowest BCUT2D eigenvalue weighted by molar-refractivity contribution is -0.129. The zero-order valence-electron chi connectivity index (χ0n) is 16.1. The summed E-state index contributed by atoms with van der Waals surface area (Å²) in [5, 5.41) is 9.27. The Kier molecular flexibility index (Phi) is 6.26. The molecule has 28 heavy (non-hydrogen) atoms. The lowest BCUT2D eigenvalue weighted by Gasteiger charge is -2.15. The van der Waals surface area contributed by atoms with Crippen LogP contribution in [0.5, 0.6) is 0 Å². The molecular formula is C21H23N3O3S. The summed E-state index contributed by atoms with van der Waals surface area (Å²) in [5.41, 5.74) is 1.99. The minimum atomic E-state index is -0.886. The number of hydrogen-bond donors (Lipinski definition) is 1. The van der Waals surface area contributed by atoms with E-state index >= 15 is 0 Å². The molecule has 1 N–H and O–H groups in total. The van der Waals surface area contributed by atoms with E-state index in [1.54, 1.807) is 17.8 Å². The zero-order chi connectivity index (χ0) is 20.1. The first-order valence-electron chi connectivity index (χ1n) is 9.10. The van der Waals surface area contributed by atoms with Gasteiger partial charge in [-0.1, -0.05) is 36.4 Å². The van der Waals surface area contributed by atoms with E-state index in [1.807, 2.05) is 61.7 Å². The molecule has 0 fully saturated rings. The van der Waals surface area contributed by atoms with Crippen LogP contribution in [0.4, 0.5) is 0 Å². The summed E-state index contributed by atoms with van der Waals surface area (Å²) >= 11 is 1.50. The van der Waals surface area contributed by atoms with Crippen LogP contribution in [-0.2, 0) is 16.1 Å². The molecule has 0 spiro atoms. The monoisotopic (exact) mass is 397 g/mol. The maximum atomic E-state index is 12.8. The van der Waals surface area contributed by atoms with Gasteiger partial charge in [0.15, 0.2) is 6.10 Å². The highest BCUT2D eigenvalue weighted by Crippen LogP contribution is 2.27. The molecule has 1 aromatic carbocycles. The number of benzene rings is 1. The highest BCUT2D eigenvalue weighted by Gasteiger charge is 2.24. The number of ether oxygens (including phenoxy) is 1. The highest BCUT2D eigenvalue weighted by atomic mass is 32.1. The third-order valence-corrected chi connectivity index (χ3v) is 4.88. The van der Waals surface area contributed by atoms with Crippen molar-refractivity contribution in [3.05, 3.63) is 65.2 Å². The van der Waals surface area contributed by atoms with E-state index in [-0.39, 0.29) is 11.9 Å². The molecule has 0 unspecified atom stereocenters. The largest absolute Gasteiger partial charge is 0.449 e. The fraction of sp³-hybridized carbons (Fsp3) is 0.286. The smallest absolute Gasteiger partial charge is 0.342 e. The van der Waals surface area contributed by atoms with E-state index in [0.717, 1.165) is 10.4 Å². The summed E-state index contributed by atoms with van der Waals surface area (Å²) in [4.78, 5) is 25.7. The Balaban J connectivity index is 1.84. The molecule has 2 heterocycles. The maximum absolute atomic E-state index is 12.8. The van der Waals surface area contributed by atoms with Crippen molar-refractivity contribution in [1.29, 1.82) is 0 Å². The van der Waals surface area contributed by atoms with Crippen molar-refractivity contribution in [3.63, 3.8) is 0 Å². The minimum absolute atomic E-state index is 0.0241. The molecule has 0 aliphatic rings. The summed E-state index contributed by atoms with van der Waals surface area (Å²) in [6.07, 6.45) is 0.792. The Labute approximate surface area is 168 Å². The normalized spacial score (nSPS) is 12.0. The lowest BCUT2D eigenvalue weighted by Crippen LogP contribution is -2.39. The highest BCUT2D eigenvalue weighted by molar-refractivity contribution is 7.13. The summed E-state index contributed by atoms with van der Waals surface area (Å²) in [7, 11) is 0. The molecule has 1 amide bonds. The van der Waals surface area contributed by atoms with Crippen LogP contribution in [0.2, 0.25) is 0 Å². The van der Waals surface area contributed by atoms with E-state index in [2.05, 4.69) is 10.4 Å². The van der Waals surface area contributed by atoms with E-state index < -0.39 is 12.1 Å². The lowest BCUT2D eigenvalue weighted by atomic mass is 10.2. The van der Waals surface area contributed by atoms with Crippen LogP contribution < -0.4 is 5.32 Å². The number of hydrogen-bond acceptors (Lipinski definition) is 5. The number of thiophene rings is 1. The van der Waals surface area contributed by atoms with Gasteiger partial charge in [0, 0.05) is 12.2 Å². The van der Waals surface area contributed by atoms with Gasteiger partial charge in [-0.25, -0.2) is 4.79 Å². The van der Waals surface area contributed by atoms with Crippen molar-refractivity contribution in [2.75, 3.05) is 0 Å². The van der Waals surface area contributed by atoms with Gasteiger partial charge in [0.2, 0.25) is 0 Å². The molecule has 0 saturated heterocycles. The van der Waals surface area contributed by atoms with Crippen LogP contribution in [-0.4, -0.2) is 33.8 Å². The Bertz CT molecular complexity index is 933. The zero-order valence-corrected chi connectivity index (χ0v) is 16.9. The van der Waals surface area contributed by atoms with Crippen LogP contribution in [0.15, 0.2) is 54.0 Å². The van der Waals surface area contributed by atoms with Crippen LogP contribution in [0.1, 0.15) is 36.7 Å². The van der Waals surface area contributed by atoms with Gasteiger partial charge in [0.1, 0.15) is 11.3 Å². The summed E-state index contributed by atoms with van der Waals surface area (Å²) in [5.74, 6) is -0.883. The second kappa shape index (κ2) is 8.84. The minimum Gasteiger partial charge on any atom is -0.449 e. The average Bonchev–Trinajstić information content (AvgIpc) is 3.31. The molecule has 0 aliphatic carbocycles. The van der Waals surface area contributed by atoms with E-state index in [0.29, 0.717) is 17.8 Å². The van der Waals surface area contributed by atoms with Crippen molar-refractivity contribution >= 4 is 23.2 Å². The summed E-state index contributed by atoms with van der Waals surface area (Å²) in [6, 6.07) is 13.7. The van der Waals surface area contributed by atoms with E-state index in [1.165, 1.54) is 11.3 Å². The Morgan fingerprint density at radius 3 is 2.54 bits per heavy atom. The second-order valence-electron chi connectivity index (χ2n) is 6.76. The SMILES string of the molecule is CC(C)NC(=O)[C@@H](C)OC(=O)c1cn(Cc2ccccc2)nc1-c1cccs1. The van der Waals surface area contributed by atoms with Crippen LogP contribution in [0, 0.1) is 0 Å². The number of carbonyl (C=O) groups excluding carboxylic acids is 2. The molecule has 2 aromatic heterocycles. The molecule has 1 atom stereocenters. The molecule has 0 radical (unpaired) electrons. The molecule has 3 rings (SSSR count). The molecule has 0 saturated carbocycles. The number of aromatic nitrogens is 2. The van der Waals surface area contributed by atoms with Gasteiger partial charge in [-0.3, -0.25) is 9.48 Å². The van der Waals surface area contributed by atoms with Gasteiger partial charge in [-0.2, -0.15) is 5.10 Å². The van der Waals surface area contributed by atoms with Crippen LogP contribution >= 0.6 is 11.3 Å². The predicted octanol–water partition coefficient (Wildman–Crippen LogP) is 3.73. The Hall–Kier alpha value is -2.93. The third-order valence-electron chi connectivity index (χ3n) is 4.01. The number of nitrogens with one attached hydrogen (secondary N) is 1. The quantitative estimate of drug-likeness (QED) is 0.617. The first kappa shape index (κ1) is 19.8. The van der Waals surface area contributed by atoms with Gasteiger partial charge >= 0.3 is 5.97 Å². The number of carbonyl (C=O) groups is 2. The Morgan fingerprint density at radius 1 is 1.14 bits per heavy atom. The Morgan fingerprint density at radius 2 is 1.89 bits per heavy atom. The van der Waals surface area contributed by atoms with Crippen molar-refractivity contribution in [2.45, 2.75) is 39.5 Å². The topological polar surface area (TPSA) is 73.2 Å². The standard InChI is InChI=1S/C21H23N3O3S/c1-14(2)22-20(25)15(3)27-21(26)17-13-24(12-16-8-5-4-6-9-16)23-19(17)18-10-7-11-28-18/h4-11,13-15H,12H2,1-3H3,(H,22,25)/t15-/m1/s1. The molecule has 0 aliphatic heterocycles. The van der Waals surface area contributed by atoms with Crippen molar-refractivity contribution < 1.29 is 14.3 Å². The molecule has 6 nitrogen and oxygen atoms in total. The van der Waals surface area contributed by atoms with Gasteiger partial charge in [-0.05, 0) is 37.8 Å². The van der Waals surface area contributed by atoms with Gasteiger partial charge < -0.3 is 10.1 Å². The van der Waals surface area contributed by atoms with Crippen LogP contribution in [0.3, 0.4) is 0 Å². The van der Waals surface area contributed by atoms with Gasteiger partial charge in [0.05, 0.1) is 11.4 Å². The number of esters is 1. The van der Waals surface area contributed by atoms with Gasteiger partial charge in [0.25, 0.3) is 5.91 Å². The molecular weight excluding hydrogens is 374 g/mol. The molecule has 146 valence electrons. The van der Waals surface area contributed by atoms with E-state index in [4.69, 9.17) is 4.74 Å². The van der Waals surface area contributed by atoms with Crippen LogP contribution in [0.25, 0.3) is 10.6 Å². The number of nitrogens with zero attached hydrogens (tertiary/aromatic N) is 2. The number of amides is 1. The second-order valence-corrected chi connectivity index (χ2v) is 7.71. The fourth-order valence-electron chi connectivity index (χ4n) is 2.70. The molecule has 0 bridgehead atoms.